The first-order valence-electron chi connectivity index (χ1n) is 10.8. The summed E-state index contributed by atoms with van der Waals surface area (Å²) in [6.45, 7) is 6.88. The zero-order chi connectivity index (χ0) is 20.8. The van der Waals surface area contributed by atoms with Crippen LogP contribution in [0.25, 0.3) is 19.5 Å². The van der Waals surface area contributed by atoms with Crippen LogP contribution in [0.15, 0.2) is 18.2 Å². The molecular weight excluding hydrogens is 638 g/mol. The van der Waals surface area contributed by atoms with E-state index in [1.807, 2.05) is 34.0 Å². The molecule has 3 heterocycles. The van der Waals surface area contributed by atoms with Gasteiger partial charge in [0.25, 0.3) is 0 Å². The van der Waals surface area contributed by atoms with Crippen LogP contribution in [0, 0.1) is 5.77 Å². The Morgan fingerprint density at radius 2 is 1.28 bits per heavy atom. The third-order valence-corrected chi connectivity index (χ3v) is 11.4. The minimum Gasteiger partial charge on any atom is -0.134 e. The van der Waals surface area contributed by atoms with Crippen LogP contribution in [0.2, 0.25) is 0 Å². The summed E-state index contributed by atoms with van der Waals surface area (Å²) in [7, 11) is 0. The summed E-state index contributed by atoms with van der Waals surface area (Å²) in [6, 6.07) is 7.17. The molecule has 3 aromatic heterocycles. The van der Waals surface area contributed by atoms with Crippen LogP contribution in [0.1, 0.15) is 76.0 Å². The highest BCUT2D eigenvalue weighted by Crippen LogP contribution is 2.45. The van der Waals surface area contributed by atoms with Gasteiger partial charge in [0, 0.05) is 19.5 Å². The van der Waals surface area contributed by atoms with E-state index in [2.05, 4.69) is 84.2 Å². The van der Waals surface area contributed by atoms with Crippen molar-refractivity contribution in [3.63, 3.8) is 0 Å². The number of aryl methyl sites for hydroxylation is 1. The van der Waals surface area contributed by atoms with Gasteiger partial charge in [-0.15, -0.1) is 34.0 Å². The van der Waals surface area contributed by atoms with Crippen molar-refractivity contribution in [1.82, 2.24) is 0 Å². The Morgan fingerprint density at radius 1 is 0.655 bits per heavy atom. The average molecular weight is 669 g/mol. The van der Waals surface area contributed by atoms with Crippen molar-refractivity contribution in [1.29, 1.82) is 0 Å². The van der Waals surface area contributed by atoms with E-state index in [4.69, 9.17) is 0 Å². The highest BCUT2D eigenvalue weighted by molar-refractivity contribution is 14.1. The molecule has 3 rings (SSSR count). The molecule has 0 unspecified atom stereocenters. The standard InChI is InChI=1S/C24H30I2S3/c1-4-7-10-16-15-21(28-23(16)25)19-13-14-20(27-19)22-17(11-8-5-2)18(12-9-6-3)24(26)29-22/h13-15H,4-12H2,1-3H3. The van der Waals surface area contributed by atoms with Crippen LogP contribution >= 0.6 is 79.2 Å². The lowest BCUT2D eigenvalue weighted by atomic mass is 10.00. The van der Waals surface area contributed by atoms with Gasteiger partial charge in [-0.3, -0.25) is 0 Å². The fraction of sp³-hybridized carbons (Fsp3) is 0.500. The summed E-state index contributed by atoms with van der Waals surface area (Å²) >= 11 is 11.1. The Kier molecular flexibility index (Phi) is 10.00. The van der Waals surface area contributed by atoms with E-state index in [0.29, 0.717) is 0 Å². The Morgan fingerprint density at radius 3 is 1.97 bits per heavy atom. The minimum absolute atomic E-state index is 1.22. The van der Waals surface area contributed by atoms with Gasteiger partial charge >= 0.3 is 0 Å². The minimum atomic E-state index is 1.22. The summed E-state index contributed by atoms with van der Waals surface area (Å²) in [5, 5.41) is 0. The van der Waals surface area contributed by atoms with Crippen molar-refractivity contribution < 1.29 is 0 Å². The molecule has 0 aliphatic heterocycles. The van der Waals surface area contributed by atoms with Crippen LogP contribution in [-0.2, 0) is 19.3 Å². The summed E-state index contributed by atoms with van der Waals surface area (Å²) < 4.78 is 2.98. The van der Waals surface area contributed by atoms with Gasteiger partial charge in [-0.05, 0) is 119 Å². The molecule has 0 spiro atoms. The van der Waals surface area contributed by atoms with Crippen LogP contribution in [0.3, 0.4) is 0 Å². The quantitative estimate of drug-likeness (QED) is 0.179. The first-order valence-corrected chi connectivity index (χ1v) is 15.4. The molecule has 5 heteroatoms. The molecule has 0 nitrogen and oxygen atoms in total. The van der Waals surface area contributed by atoms with E-state index in [-0.39, 0.29) is 0 Å². The zero-order valence-electron chi connectivity index (χ0n) is 17.6. The largest absolute Gasteiger partial charge is 0.134 e. The fourth-order valence-electron chi connectivity index (χ4n) is 3.55. The molecule has 0 saturated carbocycles. The van der Waals surface area contributed by atoms with Crippen LogP contribution < -0.4 is 0 Å². The molecule has 0 fully saturated rings. The predicted molar refractivity (Wildman–Crippen MR) is 152 cm³/mol. The molecule has 0 aliphatic carbocycles. The lowest BCUT2D eigenvalue weighted by molar-refractivity contribution is 0.761. The smallest absolute Gasteiger partial charge is 0.0695 e. The van der Waals surface area contributed by atoms with Crippen LogP contribution in [0.4, 0.5) is 0 Å². The van der Waals surface area contributed by atoms with Gasteiger partial charge in [-0.25, -0.2) is 0 Å². The van der Waals surface area contributed by atoms with E-state index in [0.717, 1.165) is 0 Å². The van der Waals surface area contributed by atoms with Gasteiger partial charge < -0.3 is 0 Å². The summed E-state index contributed by atoms with van der Waals surface area (Å²) in [5.41, 5.74) is 4.83. The molecule has 158 valence electrons. The molecule has 0 aromatic carbocycles. The first kappa shape index (κ1) is 24.2. The first-order chi connectivity index (χ1) is 14.1. The van der Waals surface area contributed by atoms with E-state index in [1.165, 1.54) is 78.2 Å². The maximum Gasteiger partial charge on any atom is 0.0695 e. The predicted octanol–water partition coefficient (Wildman–Crippen LogP) is 10.4. The van der Waals surface area contributed by atoms with E-state index >= 15 is 0 Å². The average Bonchev–Trinajstić information content (AvgIpc) is 3.40. The highest BCUT2D eigenvalue weighted by atomic mass is 127. The Bertz CT molecular complexity index is 917. The molecule has 0 atom stereocenters. The molecule has 0 amide bonds. The van der Waals surface area contributed by atoms with E-state index < -0.39 is 0 Å². The monoisotopic (exact) mass is 668 g/mol. The second-order valence-corrected chi connectivity index (χ2v) is 14.3. The lowest BCUT2D eigenvalue weighted by Crippen LogP contribution is -1.94. The maximum atomic E-state index is 2.59. The second kappa shape index (κ2) is 12.0. The molecule has 0 saturated heterocycles. The maximum absolute atomic E-state index is 2.59. The molecule has 0 aliphatic rings. The topological polar surface area (TPSA) is 0 Å². The third kappa shape index (κ3) is 6.08. The van der Waals surface area contributed by atoms with Gasteiger partial charge in [0.1, 0.15) is 0 Å². The Balaban J connectivity index is 1.91. The van der Waals surface area contributed by atoms with Crippen molar-refractivity contribution in [3.8, 4) is 19.5 Å². The van der Waals surface area contributed by atoms with Crippen LogP contribution in [0.5, 0.6) is 0 Å². The molecule has 0 N–H and O–H groups in total. The van der Waals surface area contributed by atoms with Crippen LogP contribution in [-0.4, -0.2) is 0 Å². The highest BCUT2D eigenvalue weighted by Gasteiger charge is 2.19. The number of thiophene rings is 3. The van der Waals surface area contributed by atoms with Gasteiger partial charge in [0.2, 0.25) is 0 Å². The number of hydrogen-bond donors (Lipinski definition) is 0. The van der Waals surface area contributed by atoms with Crippen molar-refractivity contribution in [2.45, 2.75) is 78.6 Å². The van der Waals surface area contributed by atoms with Gasteiger partial charge in [-0.1, -0.05) is 40.0 Å². The molecule has 0 bridgehead atoms. The second-order valence-electron chi connectivity index (χ2n) is 7.55. The normalized spacial score (nSPS) is 11.5. The van der Waals surface area contributed by atoms with Crippen molar-refractivity contribution in [2.24, 2.45) is 0 Å². The zero-order valence-corrected chi connectivity index (χ0v) is 24.3. The molecular formula is C24H30I2S3. The Labute approximate surface area is 215 Å². The van der Waals surface area contributed by atoms with E-state index in [1.54, 1.807) is 21.6 Å². The van der Waals surface area contributed by atoms with E-state index in [9.17, 15) is 0 Å². The summed E-state index contributed by atoms with van der Waals surface area (Å²) in [5.74, 6) is 0. The Hall–Kier alpha value is 0.560. The third-order valence-electron chi connectivity index (χ3n) is 5.26. The van der Waals surface area contributed by atoms with Gasteiger partial charge in [0.15, 0.2) is 0 Å². The number of hydrogen-bond acceptors (Lipinski definition) is 3. The van der Waals surface area contributed by atoms with Gasteiger partial charge in [-0.2, -0.15) is 0 Å². The fourth-order valence-corrected chi connectivity index (χ4v) is 9.22. The molecule has 29 heavy (non-hydrogen) atoms. The van der Waals surface area contributed by atoms with Gasteiger partial charge in [0.05, 0.1) is 5.77 Å². The number of unbranched alkanes of at least 4 members (excludes halogenated alkanes) is 3. The van der Waals surface area contributed by atoms with Crippen molar-refractivity contribution in [3.05, 3.63) is 40.7 Å². The summed E-state index contributed by atoms with van der Waals surface area (Å²) in [6.07, 6.45) is 11.4. The van der Waals surface area contributed by atoms with Crippen molar-refractivity contribution in [2.75, 3.05) is 0 Å². The lowest BCUT2D eigenvalue weighted by Gasteiger charge is -2.06. The number of halogens is 2. The molecule has 3 aromatic rings. The number of rotatable bonds is 11. The SMILES string of the molecule is CCCCc1cc(-c2ccc(-c3sc(I)c(CCCC)c3CCCC)s2)sc1I. The summed E-state index contributed by atoms with van der Waals surface area (Å²) in [4.78, 5) is 5.90. The van der Waals surface area contributed by atoms with Crippen molar-refractivity contribution >= 4 is 79.2 Å². The molecule has 0 radical (unpaired) electrons.